The molecule has 0 radical (unpaired) electrons. The zero-order valence-electron chi connectivity index (χ0n) is 10.1. The smallest absolute Gasteiger partial charge is 0.306 e. The van der Waals surface area contributed by atoms with Crippen molar-refractivity contribution in [3.8, 4) is 0 Å². The van der Waals surface area contributed by atoms with Gasteiger partial charge >= 0.3 is 5.97 Å². The van der Waals surface area contributed by atoms with Crippen molar-refractivity contribution in [1.82, 2.24) is 0 Å². The molecule has 17 heavy (non-hydrogen) atoms. The van der Waals surface area contributed by atoms with Gasteiger partial charge < -0.3 is 9.90 Å². The van der Waals surface area contributed by atoms with E-state index >= 15 is 0 Å². The van der Waals surface area contributed by atoms with Crippen molar-refractivity contribution >= 4 is 11.8 Å². The van der Waals surface area contributed by atoms with E-state index in [-0.39, 0.29) is 5.78 Å². The molecule has 1 unspecified atom stereocenters. The van der Waals surface area contributed by atoms with Crippen LogP contribution < -0.4 is 0 Å². The highest BCUT2D eigenvalue weighted by molar-refractivity contribution is 5.75. The number of aliphatic carboxylic acids is 1. The Morgan fingerprint density at radius 1 is 1.24 bits per heavy atom. The zero-order valence-corrected chi connectivity index (χ0v) is 10.1. The van der Waals surface area contributed by atoms with Crippen molar-refractivity contribution in [2.24, 2.45) is 5.92 Å². The summed E-state index contributed by atoms with van der Waals surface area (Å²) in [6.07, 6.45) is 2.22. The quantitative estimate of drug-likeness (QED) is 0.789. The molecule has 0 saturated heterocycles. The van der Waals surface area contributed by atoms with Crippen LogP contribution >= 0.6 is 0 Å². The molecule has 0 aliphatic rings. The Kier molecular flexibility index (Phi) is 5.40. The van der Waals surface area contributed by atoms with Gasteiger partial charge in [-0.05, 0) is 31.7 Å². The largest absolute Gasteiger partial charge is 0.481 e. The van der Waals surface area contributed by atoms with Crippen molar-refractivity contribution in [2.75, 3.05) is 0 Å². The monoisotopic (exact) mass is 234 g/mol. The minimum atomic E-state index is -0.780. The van der Waals surface area contributed by atoms with Gasteiger partial charge in [0.25, 0.3) is 0 Å². The van der Waals surface area contributed by atoms with E-state index in [0.717, 1.165) is 5.56 Å². The van der Waals surface area contributed by atoms with Crippen LogP contribution in [0.25, 0.3) is 0 Å². The second-order valence-electron chi connectivity index (χ2n) is 4.32. The third-order valence-electron chi connectivity index (χ3n) is 2.76. The number of carboxylic acid groups (broad SMARTS) is 1. The Morgan fingerprint density at radius 3 is 2.41 bits per heavy atom. The summed E-state index contributed by atoms with van der Waals surface area (Å²) >= 11 is 0. The van der Waals surface area contributed by atoms with Crippen LogP contribution in [-0.4, -0.2) is 16.9 Å². The summed E-state index contributed by atoms with van der Waals surface area (Å²) in [5, 5.41) is 9.11. The molecule has 0 aromatic heterocycles. The van der Waals surface area contributed by atoms with Crippen molar-refractivity contribution in [2.45, 2.75) is 32.6 Å². The van der Waals surface area contributed by atoms with Crippen LogP contribution in [0.1, 0.15) is 31.7 Å². The minimum absolute atomic E-state index is 0.119. The van der Waals surface area contributed by atoms with Crippen molar-refractivity contribution in [3.05, 3.63) is 35.9 Å². The SMILES string of the molecule is CC(=O)CCCC(Cc1ccccc1)C(=O)O. The molecule has 1 N–H and O–H groups in total. The Morgan fingerprint density at radius 2 is 1.88 bits per heavy atom. The molecule has 92 valence electrons. The van der Waals surface area contributed by atoms with Gasteiger partial charge in [-0.25, -0.2) is 0 Å². The van der Waals surface area contributed by atoms with Gasteiger partial charge in [-0.1, -0.05) is 30.3 Å². The molecule has 1 aromatic carbocycles. The lowest BCUT2D eigenvalue weighted by atomic mass is 9.94. The first-order chi connectivity index (χ1) is 8.09. The van der Waals surface area contributed by atoms with Crippen LogP contribution in [0.3, 0.4) is 0 Å². The molecule has 3 heteroatoms. The normalized spacial score (nSPS) is 12.1. The fourth-order valence-corrected chi connectivity index (χ4v) is 1.81. The third-order valence-corrected chi connectivity index (χ3v) is 2.76. The van der Waals surface area contributed by atoms with Crippen LogP contribution in [0.4, 0.5) is 0 Å². The molecule has 0 saturated carbocycles. The lowest BCUT2D eigenvalue weighted by Crippen LogP contribution is -2.16. The molecule has 0 fully saturated rings. The summed E-state index contributed by atoms with van der Waals surface area (Å²) in [5.41, 5.74) is 1.03. The molecule has 0 aliphatic carbocycles. The van der Waals surface area contributed by atoms with E-state index in [1.165, 1.54) is 6.92 Å². The van der Waals surface area contributed by atoms with Gasteiger partial charge in [0.05, 0.1) is 5.92 Å². The van der Waals surface area contributed by atoms with Crippen LogP contribution in [0.2, 0.25) is 0 Å². The van der Waals surface area contributed by atoms with E-state index < -0.39 is 11.9 Å². The number of Topliss-reactive ketones (excluding diaryl/α,β-unsaturated/α-hetero) is 1. The van der Waals surface area contributed by atoms with Gasteiger partial charge in [-0.15, -0.1) is 0 Å². The molecule has 3 nitrogen and oxygen atoms in total. The number of ketones is 1. The number of hydrogen-bond acceptors (Lipinski definition) is 2. The first-order valence-electron chi connectivity index (χ1n) is 5.85. The maximum absolute atomic E-state index is 11.1. The topological polar surface area (TPSA) is 54.4 Å². The van der Waals surface area contributed by atoms with Gasteiger partial charge in [-0.3, -0.25) is 4.79 Å². The predicted octanol–water partition coefficient (Wildman–Crippen LogP) is 2.69. The number of benzene rings is 1. The van der Waals surface area contributed by atoms with Crippen molar-refractivity contribution < 1.29 is 14.7 Å². The predicted molar refractivity (Wildman–Crippen MR) is 65.8 cm³/mol. The average Bonchev–Trinajstić information content (AvgIpc) is 2.28. The standard InChI is InChI=1S/C14H18O3/c1-11(15)6-5-9-13(14(16)17)10-12-7-3-2-4-8-12/h2-4,7-8,13H,5-6,9-10H2,1H3,(H,16,17). The lowest BCUT2D eigenvalue weighted by molar-refractivity contribution is -0.142. The molecule has 0 spiro atoms. The Balaban J connectivity index is 2.49. The highest BCUT2D eigenvalue weighted by Gasteiger charge is 2.17. The molecule has 0 heterocycles. The molecular formula is C14H18O3. The minimum Gasteiger partial charge on any atom is -0.481 e. The van der Waals surface area contributed by atoms with Crippen LogP contribution in [0, 0.1) is 5.92 Å². The van der Waals surface area contributed by atoms with E-state index in [0.29, 0.717) is 25.7 Å². The zero-order chi connectivity index (χ0) is 12.7. The number of rotatable bonds is 7. The molecule has 1 atom stereocenters. The second kappa shape index (κ2) is 6.84. The van der Waals surface area contributed by atoms with Gasteiger partial charge in [0, 0.05) is 6.42 Å². The highest BCUT2D eigenvalue weighted by atomic mass is 16.4. The van der Waals surface area contributed by atoms with Gasteiger partial charge in [0.2, 0.25) is 0 Å². The van der Waals surface area contributed by atoms with Gasteiger partial charge in [0.1, 0.15) is 5.78 Å². The van der Waals surface area contributed by atoms with E-state index in [1.807, 2.05) is 30.3 Å². The fourth-order valence-electron chi connectivity index (χ4n) is 1.81. The number of hydrogen-bond donors (Lipinski definition) is 1. The highest BCUT2D eigenvalue weighted by Crippen LogP contribution is 2.15. The average molecular weight is 234 g/mol. The Bertz CT molecular complexity index is 370. The number of carbonyl (C=O) groups is 2. The lowest BCUT2D eigenvalue weighted by Gasteiger charge is -2.11. The van der Waals surface area contributed by atoms with E-state index in [4.69, 9.17) is 5.11 Å². The van der Waals surface area contributed by atoms with E-state index in [1.54, 1.807) is 0 Å². The molecule has 1 aromatic rings. The van der Waals surface area contributed by atoms with Crippen LogP contribution in [0.5, 0.6) is 0 Å². The molecular weight excluding hydrogens is 216 g/mol. The van der Waals surface area contributed by atoms with Gasteiger partial charge in [0.15, 0.2) is 0 Å². The summed E-state index contributed by atoms with van der Waals surface area (Å²) in [6, 6.07) is 9.59. The fraction of sp³-hybridized carbons (Fsp3) is 0.429. The molecule has 0 amide bonds. The summed E-state index contributed by atoms with van der Waals surface area (Å²) in [6.45, 7) is 1.53. The second-order valence-corrected chi connectivity index (χ2v) is 4.32. The molecule has 0 aliphatic heterocycles. The van der Waals surface area contributed by atoms with Gasteiger partial charge in [-0.2, -0.15) is 0 Å². The van der Waals surface area contributed by atoms with E-state index in [2.05, 4.69) is 0 Å². The summed E-state index contributed by atoms with van der Waals surface area (Å²) < 4.78 is 0. The van der Waals surface area contributed by atoms with Crippen molar-refractivity contribution in [3.63, 3.8) is 0 Å². The molecule has 1 rings (SSSR count). The summed E-state index contributed by atoms with van der Waals surface area (Å²) in [5.74, 6) is -1.05. The maximum atomic E-state index is 11.1. The number of carbonyl (C=O) groups excluding carboxylic acids is 1. The van der Waals surface area contributed by atoms with Crippen LogP contribution in [0.15, 0.2) is 30.3 Å². The Labute approximate surface area is 101 Å². The first-order valence-corrected chi connectivity index (χ1v) is 5.85. The van der Waals surface area contributed by atoms with Crippen LogP contribution in [-0.2, 0) is 16.0 Å². The Hall–Kier alpha value is -1.64. The summed E-state index contributed by atoms with van der Waals surface area (Å²) in [4.78, 5) is 21.9. The molecule has 0 bridgehead atoms. The number of carboxylic acids is 1. The first kappa shape index (κ1) is 13.4. The van der Waals surface area contributed by atoms with E-state index in [9.17, 15) is 9.59 Å². The third kappa shape index (κ3) is 5.29. The van der Waals surface area contributed by atoms with Crippen molar-refractivity contribution in [1.29, 1.82) is 0 Å². The summed E-state index contributed by atoms with van der Waals surface area (Å²) in [7, 11) is 0. The maximum Gasteiger partial charge on any atom is 0.306 e.